The predicted molar refractivity (Wildman–Crippen MR) is 196 cm³/mol. The normalized spacial score (nSPS) is 12.8. The van der Waals surface area contributed by atoms with Crippen molar-refractivity contribution in [1.82, 2.24) is 0 Å². The third-order valence-electron chi connectivity index (χ3n) is 9.49. The first-order chi connectivity index (χ1) is 22.5. The van der Waals surface area contributed by atoms with Crippen molar-refractivity contribution in [2.24, 2.45) is 0 Å². The van der Waals surface area contributed by atoms with Gasteiger partial charge in [-0.2, -0.15) is 0 Å². The summed E-state index contributed by atoms with van der Waals surface area (Å²) in [7, 11) is 0. The van der Waals surface area contributed by atoms with Crippen LogP contribution < -0.4 is 9.80 Å². The number of rotatable bonds is 6. The first-order valence-electron chi connectivity index (χ1n) is 16.0. The van der Waals surface area contributed by atoms with Gasteiger partial charge in [0.1, 0.15) is 0 Å². The molecular weight excluding hydrogens is 556 g/mol. The molecule has 7 aromatic rings. The largest absolute Gasteiger partial charge is 0.310 e. The van der Waals surface area contributed by atoms with Crippen LogP contribution in [0, 0.1) is 6.92 Å². The zero-order valence-corrected chi connectivity index (χ0v) is 26.5. The van der Waals surface area contributed by atoms with Gasteiger partial charge in [-0.25, -0.2) is 0 Å². The molecule has 1 aliphatic rings. The smallest absolute Gasteiger partial charge is 0.0540 e. The molecule has 0 N–H and O–H groups in total. The average Bonchev–Trinajstić information content (AvgIpc) is 3.32. The second-order valence-corrected chi connectivity index (χ2v) is 12.8. The second kappa shape index (κ2) is 11.1. The number of para-hydroxylation sites is 2. The minimum atomic E-state index is -0.187. The van der Waals surface area contributed by atoms with Crippen molar-refractivity contribution in [3.05, 3.63) is 180 Å². The molecule has 0 bridgehead atoms. The topological polar surface area (TPSA) is 6.48 Å². The molecule has 0 aliphatic heterocycles. The summed E-state index contributed by atoms with van der Waals surface area (Å²) in [4.78, 5) is 4.77. The Balaban J connectivity index is 1.26. The van der Waals surface area contributed by atoms with Gasteiger partial charge in [0, 0.05) is 39.2 Å². The van der Waals surface area contributed by atoms with Gasteiger partial charge in [-0.15, -0.1) is 0 Å². The van der Waals surface area contributed by atoms with Crippen molar-refractivity contribution in [3.8, 4) is 11.1 Å². The maximum atomic E-state index is 2.42. The third kappa shape index (κ3) is 4.66. The maximum Gasteiger partial charge on any atom is 0.0540 e. The minimum absolute atomic E-state index is 0.187. The standard InChI is InChI=1S/C44H36N2/c1-31-21-23-35(24-22-31)45(33-15-6-4-7-16-33)36-25-27-39-40-28-26-37(30-42(40)44(2,3)41(39)29-36)46(34-17-8-5-9-18-34)43-20-12-14-32-13-10-11-19-38(32)43/h4-30H,1-3H3. The monoisotopic (exact) mass is 592 g/mol. The van der Waals surface area contributed by atoms with Crippen LogP contribution in [-0.4, -0.2) is 0 Å². The highest BCUT2D eigenvalue weighted by Crippen LogP contribution is 2.52. The van der Waals surface area contributed by atoms with E-state index in [0.717, 1.165) is 28.4 Å². The summed E-state index contributed by atoms with van der Waals surface area (Å²) < 4.78 is 0. The molecule has 0 spiro atoms. The fraction of sp³-hybridized carbons (Fsp3) is 0.0909. The Kier molecular flexibility index (Phi) is 6.73. The van der Waals surface area contributed by atoms with Gasteiger partial charge in [-0.3, -0.25) is 0 Å². The van der Waals surface area contributed by atoms with Gasteiger partial charge in [0.15, 0.2) is 0 Å². The number of anilines is 6. The Morgan fingerprint density at radius 3 is 1.52 bits per heavy atom. The molecule has 2 nitrogen and oxygen atoms in total. The van der Waals surface area contributed by atoms with Crippen molar-refractivity contribution in [2.45, 2.75) is 26.2 Å². The van der Waals surface area contributed by atoms with Crippen LogP contribution in [0.1, 0.15) is 30.5 Å². The minimum Gasteiger partial charge on any atom is -0.310 e. The highest BCUT2D eigenvalue weighted by molar-refractivity contribution is 5.99. The number of hydrogen-bond donors (Lipinski definition) is 0. The molecule has 222 valence electrons. The zero-order chi connectivity index (χ0) is 31.3. The van der Waals surface area contributed by atoms with Crippen molar-refractivity contribution in [3.63, 3.8) is 0 Å². The SMILES string of the molecule is Cc1ccc(N(c2ccccc2)c2ccc3c(c2)C(C)(C)c2cc(N(c4ccccc4)c4cccc5ccccc45)ccc2-3)cc1. The molecule has 0 unspecified atom stereocenters. The number of benzene rings is 7. The van der Waals surface area contributed by atoms with E-state index in [4.69, 9.17) is 0 Å². The molecule has 2 heteroatoms. The van der Waals surface area contributed by atoms with Crippen LogP contribution in [0.25, 0.3) is 21.9 Å². The van der Waals surface area contributed by atoms with Crippen molar-refractivity contribution < 1.29 is 0 Å². The summed E-state index contributed by atoms with van der Waals surface area (Å²) in [6.45, 7) is 6.88. The lowest BCUT2D eigenvalue weighted by Gasteiger charge is -2.29. The number of fused-ring (bicyclic) bond motifs is 4. The Hall–Kier alpha value is -5.60. The molecule has 46 heavy (non-hydrogen) atoms. The zero-order valence-electron chi connectivity index (χ0n) is 26.5. The van der Waals surface area contributed by atoms with E-state index in [-0.39, 0.29) is 5.41 Å². The van der Waals surface area contributed by atoms with Crippen LogP contribution in [0.4, 0.5) is 34.1 Å². The van der Waals surface area contributed by atoms with Crippen LogP contribution in [-0.2, 0) is 5.41 Å². The third-order valence-corrected chi connectivity index (χ3v) is 9.49. The van der Waals surface area contributed by atoms with Crippen LogP contribution in [0.3, 0.4) is 0 Å². The summed E-state index contributed by atoms with van der Waals surface area (Å²) in [5.41, 5.74) is 13.3. The second-order valence-electron chi connectivity index (χ2n) is 12.8. The Bertz CT molecular complexity index is 2180. The van der Waals surface area contributed by atoms with Gasteiger partial charge in [0.25, 0.3) is 0 Å². The molecule has 0 radical (unpaired) electrons. The average molecular weight is 593 g/mol. The highest BCUT2D eigenvalue weighted by Gasteiger charge is 2.37. The Morgan fingerprint density at radius 2 is 0.891 bits per heavy atom. The predicted octanol–water partition coefficient (Wildman–Crippen LogP) is 12.4. The number of nitrogens with zero attached hydrogens (tertiary/aromatic N) is 2. The van der Waals surface area contributed by atoms with Gasteiger partial charge >= 0.3 is 0 Å². The van der Waals surface area contributed by atoms with E-state index in [1.54, 1.807) is 0 Å². The summed E-state index contributed by atoms with van der Waals surface area (Å²) in [6, 6.07) is 59.5. The molecule has 0 amide bonds. The van der Waals surface area contributed by atoms with Crippen LogP contribution >= 0.6 is 0 Å². The Labute approximate surface area is 271 Å². The van der Waals surface area contributed by atoms with Gasteiger partial charge in [-0.05, 0) is 101 Å². The van der Waals surface area contributed by atoms with E-state index in [1.807, 2.05) is 0 Å². The van der Waals surface area contributed by atoms with E-state index in [0.29, 0.717) is 0 Å². The molecular formula is C44H36N2. The molecule has 0 fully saturated rings. The molecule has 7 aromatic carbocycles. The Morgan fingerprint density at radius 1 is 0.413 bits per heavy atom. The fourth-order valence-corrected chi connectivity index (χ4v) is 7.12. The lowest BCUT2D eigenvalue weighted by atomic mass is 9.82. The first kappa shape index (κ1) is 27.9. The summed E-state index contributed by atoms with van der Waals surface area (Å²) in [5, 5.41) is 2.47. The fourth-order valence-electron chi connectivity index (χ4n) is 7.12. The van der Waals surface area contributed by atoms with Crippen LogP contribution in [0.2, 0.25) is 0 Å². The molecule has 1 aliphatic carbocycles. The maximum absolute atomic E-state index is 2.42. The van der Waals surface area contributed by atoms with E-state index in [1.165, 1.54) is 44.3 Å². The van der Waals surface area contributed by atoms with E-state index in [9.17, 15) is 0 Å². The molecule has 0 atom stereocenters. The van der Waals surface area contributed by atoms with Crippen LogP contribution in [0.5, 0.6) is 0 Å². The quantitative estimate of drug-likeness (QED) is 0.189. The summed E-state index contributed by atoms with van der Waals surface area (Å²) >= 11 is 0. The lowest BCUT2D eigenvalue weighted by Crippen LogP contribution is -2.17. The highest BCUT2D eigenvalue weighted by atomic mass is 15.1. The van der Waals surface area contributed by atoms with E-state index in [2.05, 4.69) is 194 Å². The summed E-state index contributed by atoms with van der Waals surface area (Å²) in [5.74, 6) is 0. The van der Waals surface area contributed by atoms with E-state index >= 15 is 0 Å². The van der Waals surface area contributed by atoms with E-state index < -0.39 is 0 Å². The molecule has 8 rings (SSSR count). The van der Waals surface area contributed by atoms with Gasteiger partial charge in [0.2, 0.25) is 0 Å². The lowest BCUT2D eigenvalue weighted by molar-refractivity contribution is 0.660. The molecule has 0 heterocycles. The van der Waals surface area contributed by atoms with Gasteiger partial charge < -0.3 is 9.80 Å². The van der Waals surface area contributed by atoms with Crippen molar-refractivity contribution >= 4 is 44.9 Å². The molecule has 0 saturated heterocycles. The van der Waals surface area contributed by atoms with Crippen molar-refractivity contribution in [2.75, 3.05) is 9.80 Å². The summed E-state index contributed by atoms with van der Waals surface area (Å²) in [6.07, 6.45) is 0. The van der Waals surface area contributed by atoms with Gasteiger partial charge in [0.05, 0.1) is 5.69 Å². The number of aryl methyl sites for hydroxylation is 1. The molecule has 0 aromatic heterocycles. The first-order valence-corrected chi connectivity index (χ1v) is 16.0. The number of hydrogen-bond acceptors (Lipinski definition) is 2. The van der Waals surface area contributed by atoms with Crippen molar-refractivity contribution in [1.29, 1.82) is 0 Å². The molecule has 0 saturated carbocycles. The van der Waals surface area contributed by atoms with Crippen LogP contribution in [0.15, 0.2) is 164 Å². The van der Waals surface area contributed by atoms with Gasteiger partial charge in [-0.1, -0.05) is 116 Å².